The van der Waals surface area contributed by atoms with Crippen molar-refractivity contribution in [3.05, 3.63) is 46.4 Å². The lowest BCUT2D eigenvalue weighted by molar-refractivity contribution is -0.117. The maximum Gasteiger partial charge on any atom is 0.244 e. The van der Waals surface area contributed by atoms with Gasteiger partial charge in [-0.1, -0.05) is 29.3 Å². The van der Waals surface area contributed by atoms with E-state index in [4.69, 9.17) is 32.7 Å². The van der Waals surface area contributed by atoms with Crippen LogP contribution in [0.15, 0.2) is 41.3 Å². The number of methoxy groups -OCH3 is 2. The number of anilines is 1. The van der Waals surface area contributed by atoms with Gasteiger partial charge in [-0.05, 0) is 31.2 Å². The second-order valence-corrected chi connectivity index (χ2v) is 7.91. The van der Waals surface area contributed by atoms with Gasteiger partial charge in [0.05, 0.1) is 36.0 Å². The number of nitrogens with one attached hydrogen (secondary N) is 2. The van der Waals surface area contributed by atoms with E-state index in [1.807, 2.05) is 0 Å². The van der Waals surface area contributed by atoms with Crippen molar-refractivity contribution in [3.8, 4) is 11.5 Å². The fraction of sp³-hybridized carbons (Fsp3) is 0.235. The first-order valence-electron chi connectivity index (χ1n) is 7.69. The lowest BCUT2D eigenvalue weighted by atomic mass is 10.2. The number of carbonyl (C=O) groups excluding carboxylic acids is 1. The number of benzene rings is 2. The monoisotopic (exact) mass is 432 g/mol. The van der Waals surface area contributed by atoms with Crippen molar-refractivity contribution in [1.29, 1.82) is 0 Å². The van der Waals surface area contributed by atoms with Gasteiger partial charge in [0.2, 0.25) is 15.9 Å². The Hall–Kier alpha value is -2.00. The van der Waals surface area contributed by atoms with Gasteiger partial charge in [-0.2, -0.15) is 4.72 Å². The summed E-state index contributed by atoms with van der Waals surface area (Å²) in [5, 5.41) is 2.52. The van der Waals surface area contributed by atoms with Gasteiger partial charge in [0, 0.05) is 6.07 Å². The average molecular weight is 433 g/mol. The quantitative estimate of drug-likeness (QED) is 0.699. The van der Waals surface area contributed by atoms with Crippen LogP contribution < -0.4 is 19.5 Å². The lowest BCUT2D eigenvalue weighted by Crippen LogP contribution is -2.41. The highest BCUT2D eigenvalue weighted by Crippen LogP contribution is 2.30. The number of hydrogen-bond donors (Lipinski definition) is 2. The molecular weight excluding hydrogens is 415 g/mol. The molecule has 0 bridgehead atoms. The Morgan fingerprint density at radius 3 is 2.26 bits per heavy atom. The van der Waals surface area contributed by atoms with Gasteiger partial charge in [-0.25, -0.2) is 8.42 Å². The summed E-state index contributed by atoms with van der Waals surface area (Å²) in [6.45, 7) is 1.40. The molecule has 0 saturated carbocycles. The molecular formula is C17H18Cl2N2O5S. The van der Waals surface area contributed by atoms with Crippen LogP contribution in [0.2, 0.25) is 10.0 Å². The standard InChI is InChI=1S/C17H18Cl2N2O5S/c1-10(21-27(23,24)16-12(18)5-4-6-13(16)19)17(22)20-14-8-7-11(25-2)9-15(14)26-3/h4-10,21H,1-3H3,(H,20,22)/t10-/m0/s1. The summed E-state index contributed by atoms with van der Waals surface area (Å²) in [5.74, 6) is 0.323. The minimum Gasteiger partial charge on any atom is -0.497 e. The van der Waals surface area contributed by atoms with Crippen LogP contribution in [0.1, 0.15) is 6.92 Å². The van der Waals surface area contributed by atoms with E-state index in [0.29, 0.717) is 17.2 Å². The molecule has 0 unspecified atom stereocenters. The number of rotatable bonds is 7. The predicted octanol–water partition coefficient (Wildman–Crippen LogP) is 3.32. The molecule has 0 saturated heterocycles. The third-order valence-corrected chi connectivity index (χ3v) is 6.07. The van der Waals surface area contributed by atoms with Gasteiger partial charge in [-0.3, -0.25) is 4.79 Å². The summed E-state index contributed by atoms with van der Waals surface area (Å²) < 4.78 is 37.6. The van der Waals surface area contributed by atoms with E-state index in [-0.39, 0.29) is 14.9 Å². The highest BCUT2D eigenvalue weighted by atomic mass is 35.5. The fourth-order valence-corrected chi connectivity index (χ4v) is 4.57. The Labute approximate surface area is 167 Å². The molecule has 2 rings (SSSR count). The number of amides is 1. The molecule has 2 N–H and O–H groups in total. The zero-order chi connectivity index (χ0) is 20.2. The van der Waals surface area contributed by atoms with E-state index >= 15 is 0 Å². The predicted molar refractivity (Wildman–Crippen MR) is 104 cm³/mol. The molecule has 2 aromatic rings. The number of sulfonamides is 1. The van der Waals surface area contributed by atoms with Crippen molar-refractivity contribution in [2.75, 3.05) is 19.5 Å². The van der Waals surface area contributed by atoms with E-state index in [0.717, 1.165) is 0 Å². The molecule has 7 nitrogen and oxygen atoms in total. The third-order valence-electron chi connectivity index (χ3n) is 3.58. The van der Waals surface area contributed by atoms with Gasteiger partial charge in [0.1, 0.15) is 16.4 Å². The van der Waals surface area contributed by atoms with E-state index < -0.39 is 22.0 Å². The molecule has 2 aromatic carbocycles. The molecule has 1 atom stereocenters. The Balaban J connectivity index is 2.19. The molecule has 0 heterocycles. The summed E-state index contributed by atoms with van der Waals surface area (Å²) >= 11 is 11.9. The normalized spacial score (nSPS) is 12.3. The van der Waals surface area contributed by atoms with E-state index in [9.17, 15) is 13.2 Å². The molecule has 146 valence electrons. The van der Waals surface area contributed by atoms with Crippen molar-refractivity contribution >= 4 is 44.8 Å². The van der Waals surface area contributed by atoms with Crippen molar-refractivity contribution in [2.24, 2.45) is 0 Å². The summed E-state index contributed by atoms with van der Waals surface area (Å²) in [6, 6.07) is 8.03. The molecule has 0 aliphatic rings. The number of carbonyl (C=O) groups is 1. The Morgan fingerprint density at radius 1 is 1.07 bits per heavy atom. The van der Waals surface area contributed by atoms with Gasteiger partial charge in [0.25, 0.3) is 0 Å². The van der Waals surface area contributed by atoms with Crippen molar-refractivity contribution in [2.45, 2.75) is 17.9 Å². The number of ether oxygens (including phenoxy) is 2. The Kier molecular flexibility index (Phi) is 6.94. The lowest BCUT2D eigenvalue weighted by Gasteiger charge is -2.17. The number of hydrogen-bond acceptors (Lipinski definition) is 5. The molecule has 0 fully saturated rings. The molecule has 27 heavy (non-hydrogen) atoms. The maximum absolute atomic E-state index is 12.5. The Morgan fingerprint density at radius 2 is 1.70 bits per heavy atom. The molecule has 0 aliphatic heterocycles. The molecule has 0 radical (unpaired) electrons. The average Bonchev–Trinajstić information content (AvgIpc) is 2.61. The molecule has 10 heteroatoms. The van der Waals surface area contributed by atoms with Gasteiger partial charge >= 0.3 is 0 Å². The second kappa shape index (κ2) is 8.79. The molecule has 0 aromatic heterocycles. The van der Waals surface area contributed by atoms with Gasteiger partial charge in [-0.15, -0.1) is 0 Å². The highest BCUT2D eigenvalue weighted by Gasteiger charge is 2.26. The molecule has 1 amide bonds. The van der Waals surface area contributed by atoms with E-state index in [1.54, 1.807) is 18.2 Å². The van der Waals surface area contributed by atoms with Crippen LogP contribution in [0.3, 0.4) is 0 Å². The smallest absolute Gasteiger partial charge is 0.244 e. The summed E-state index contributed by atoms with van der Waals surface area (Å²) in [5.41, 5.74) is 0.366. The van der Waals surface area contributed by atoms with E-state index in [2.05, 4.69) is 10.0 Å². The first-order valence-corrected chi connectivity index (χ1v) is 9.92. The maximum atomic E-state index is 12.5. The van der Waals surface area contributed by atoms with Crippen LogP contribution >= 0.6 is 23.2 Å². The molecule has 0 spiro atoms. The number of halogens is 2. The third kappa shape index (κ3) is 5.04. The first kappa shape index (κ1) is 21.3. The zero-order valence-corrected chi connectivity index (χ0v) is 17.1. The van der Waals surface area contributed by atoms with Gasteiger partial charge < -0.3 is 14.8 Å². The largest absolute Gasteiger partial charge is 0.497 e. The van der Waals surface area contributed by atoms with Crippen LogP contribution in [0.5, 0.6) is 11.5 Å². The van der Waals surface area contributed by atoms with Crippen LogP contribution in [0.25, 0.3) is 0 Å². The molecule has 0 aliphatic carbocycles. The van der Waals surface area contributed by atoms with Crippen molar-refractivity contribution in [1.82, 2.24) is 4.72 Å². The Bertz CT molecular complexity index is 930. The summed E-state index contributed by atoms with van der Waals surface area (Å²) in [7, 11) is -1.17. The fourth-order valence-electron chi connectivity index (χ4n) is 2.23. The summed E-state index contributed by atoms with van der Waals surface area (Å²) in [4.78, 5) is 12.1. The van der Waals surface area contributed by atoms with Crippen LogP contribution in [0.4, 0.5) is 5.69 Å². The second-order valence-electron chi connectivity index (χ2n) is 5.45. The van der Waals surface area contributed by atoms with Crippen LogP contribution in [0, 0.1) is 0 Å². The van der Waals surface area contributed by atoms with Crippen molar-refractivity contribution < 1.29 is 22.7 Å². The highest BCUT2D eigenvalue weighted by molar-refractivity contribution is 7.89. The SMILES string of the molecule is COc1ccc(NC(=O)[C@H](C)NS(=O)(=O)c2c(Cl)cccc2Cl)c(OC)c1. The summed E-state index contributed by atoms with van der Waals surface area (Å²) in [6.07, 6.45) is 0. The van der Waals surface area contributed by atoms with E-state index in [1.165, 1.54) is 39.3 Å². The topological polar surface area (TPSA) is 93.7 Å². The zero-order valence-electron chi connectivity index (χ0n) is 14.7. The van der Waals surface area contributed by atoms with Crippen molar-refractivity contribution in [3.63, 3.8) is 0 Å². The van der Waals surface area contributed by atoms with Crippen LogP contribution in [-0.2, 0) is 14.8 Å². The minimum absolute atomic E-state index is 0.0422. The van der Waals surface area contributed by atoms with Gasteiger partial charge in [0.15, 0.2) is 0 Å². The first-order chi connectivity index (χ1) is 12.7. The van der Waals surface area contributed by atoms with Crippen LogP contribution in [-0.4, -0.2) is 34.6 Å². The minimum atomic E-state index is -4.11.